The number of nitrogens with one attached hydrogen (secondary N) is 2. The molecule has 1 aromatic carbocycles. The van der Waals surface area contributed by atoms with Crippen molar-refractivity contribution in [3.63, 3.8) is 0 Å². The van der Waals surface area contributed by atoms with E-state index in [1.165, 1.54) is 29.1 Å². The zero-order valence-electron chi connectivity index (χ0n) is 15.3. The molecule has 26 heavy (non-hydrogen) atoms. The van der Waals surface area contributed by atoms with Gasteiger partial charge in [0.25, 0.3) is 5.91 Å². The van der Waals surface area contributed by atoms with Gasteiger partial charge in [-0.2, -0.15) is 0 Å². The lowest BCUT2D eigenvalue weighted by molar-refractivity contribution is -0.878. The summed E-state index contributed by atoms with van der Waals surface area (Å²) in [6.45, 7) is 6.63. The van der Waals surface area contributed by atoms with Crippen LogP contribution in [0.2, 0.25) is 0 Å². The predicted molar refractivity (Wildman–Crippen MR) is 104 cm³/mol. The van der Waals surface area contributed by atoms with Crippen LogP contribution in [0.15, 0.2) is 29.6 Å². The normalized spacial score (nSPS) is 14.4. The topological polar surface area (TPSA) is 59.8 Å². The third kappa shape index (κ3) is 4.31. The summed E-state index contributed by atoms with van der Waals surface area (Å²) in [6.07, 6.45) is 2.35. The number of esters is 1. The smallest absolute Gasteiger partial charge is 0.341 e. The Kier molecular flexibility index (Phi) is 6.06. The monoisotopic (exact) mass is 373 g/mol. The first-order valence-corrected chi connectivity index (χ1v) is 9.95. The van der Waals surface area contributed by atoms with E-state index in [1.807, 2.05) is 36.6 Å². The van der Waals surface area contributed by atoms with E-state index in [0.717, 1.165) is 29.8 Å². The van der Waals surface area contributed by atoms with E-state index < -0.39 is 5.97 Å². The van der Waals surface area contributed by atoms with E-state index in [1.54, 1.807) is 6.92 Å². The summed E-state index contributed by atoms with van der Waals surface area (Å²) in [6, 6.07) is 7.99. The second-order valence-corrected chi connectivity index (χ2v) is 7.50. The first kappa shape index (κ1) is 18.6. The molecule has 0 radical (unpaired) electrons. The second-order valence-electron chi connectivity index (χ2n) is 6.62. The molecule has 1 saturated heterocycles. The molecule has 1 fully saturated rings. The van der Waals surface area contributed by atoms with Gasteiger partial charge in [0.1, 0.15) is 10.6 Å². The number of quaternary nitrogens is 1. The van der Waals surface area contributed by atoms with Gasteiger partial charge in [-0.15, -0.1) is 11.3 Å². The van der Waals surface area contributed by atoms with Crippen molar-refractivity contribution in [2.45, 2.75) is 26.7 Å². The van der Waals surface area contributed by atoms with Crippen LogP contribution >= 0.6 is 11.3 Å². The highest BCUT2D eigenvalue weighted by molar-refractivity contribution is 7.15. The van der Waals surface area contributed by atoms with Crippen LogP contribution in [0.3, 0.4) is 0 Å². The summed E-state index contributed by atoms with van der Waals surface area (Å²) in [5, 5.41) is 5.42. The lowest BCUT2D eigenvalue weighted by Gasteiger charge is -2.12. The Hall–Kier alpha value is -2.18. The summed E-state index contributed by atoms with van der Waals surface area (Å²) < 4.78 is 5.24. The quantitative estimate of drug-likeness (QED) is 0.765. The molecule has 0 atom stereocenters. The molecule has 1 aliphatic heterocycles. The van der Waals surface area contributed by atoms with E-state index in [0.29, 0.717) is 23.7 Å². The fraction of sp³-hybridized carbons (Fsp3) is 0.400. The number of carbonyl (C=O) groups is 2. The van der Waals surface area contributed by atoms with Crippen molar-refractivity contribution < 1.29 is 19.2 Å². The summed E-state index contributed by atoms with van der Waals surface area (Å²) in [5.74, 6) is -0.446. The predicted octanol–water partition coefficient (Wildman–Crippen LogP) is 2.52. The number of benzene rings is 1. The van der Waals surface area contributed by atoms with Gasteiger partial charge in [0.2, 0.25) is 0 Å². The number of amides is 1. The van der Waals surface area contributed by atoms with Crippen LogP contribution in [0.4, 0.5) is 5.00 Å². The summed E-state index contributed by atoms with van der Waals surface area (Å²) in [5.41, 5.74) is 3.35. The number of ether oxygens (including phenoxy) is 1. The third-order valence-electron chi connectivity index (χ3n) is 4.61. The van der Waals surface area contributed by atoms with Gasteiger partial charge in [-0.3, -0.25) is 4.79 Å². The standard InChI is InChI=1S/C20H24N2O3S/c1-3-25-20(24)18-16(15-8-6-14(2)7-9-15)13-26-19(18)21-17(23)12-22-10-4-5-11-22/h6-9,13H,3-5,10-12H2,1-2H3,(H,21,23)/p+1. The molecule has 2 heterocycles. The second kappa shape index (κ2) is 8.47. The SMILES string of the molecule is CCOC(=O)c1c(-c2ccc(C)cc2)csc1NC(=O)C[NH+]1CCCC1. The van der Waals surface area contributed by atoms with Crippen LogP contribution in [0.5, 0.6) is 0 Å². The van der Waals surface area contributed by atoms with Crippen molar-refractivity contribution >= 4 is 28.2 Å². The average Bonchev–Trinajstić information content (AvgIpc) is 3.25. The molecule has 0 aliphatic carbocycles. The largest absolute Gasteiger partial charge is 0.462 e. The van der Waals surface area contributed by atoms with Crippen molar-refractivity contribution in [1.29, 1.82) is 0 Å². The number of thiophene rings is 1. The highest BCUT2D eigenvalue weighted by atomic mass is 32.1. The van der Waals surface area contributed by atoms with Crippen molar-refractivity contribution in [2.75, 3.05) is 31.6 Å². The molecule has 0 saturated carbocycles. The lowest BCUT2D eigenvalue weighted by atomic mass is 10.0. The molecule has 0 unspecified atom stereocenters. The van der Waals surface area contributed by atoms with Gasteiger partial charge in [0.05, 0.1) is 19.7 Å². The number of anilines is 1. The molecule has 138 valence electrons. The first-order valence-electron chi connectivity index (χ1n) is 9.07. The van der Waals surface area contributed by atoms with Crippen LogP contribution in [0, 0.1) is 6.92 Å². The van der Waals surface area contributed by atoms with E-state index in [2.05, 4.69) is 5.32 Å². The van der Waals surface area contributed by atoms with Crippen molar-refractivity contribution in [1.82, 2.24) is 0 Å². The van der Waals surface area contributed by atoms with Crippen LogP contribution in [-0.2, 0) is 9.53 Å². The summed E-state index contributed by atoms with van der Waals surface area (Å²) in [4.78, 5) is 26.3. The average molecular weight is 373 g/mol. The van der Waals surface area contributed by atoms with Gasteiger partial charge in [-0.05, 0) is 19.4 Å². The molecular formula is C20H25N2O3S+. The Morgan fingerprint density at radius 3 is 2.54 bits per heavy atom. The molecule has 0 spiro atoms. The maximum absolute atomic E-state index is 12.5. The van der Waals surface area contributed by atoms with Crippen LogP contribution in [-0.4, -0.2) is 38.1 Å². The molecule has 1 amide bonds. The molecule has 1 aromatic heterocycles. The Balaban J connectivity index is 1.85. The fourth-order valence-electron chi connectivity index (χ4n) is 3.25. The molecular weight excluding hydrogens is 348 g/mol. The lowest BCUT2D eigenvalue weighted by Crippen LogP contribution is -3.11. The van der Waals surface area contributed by atoms with Gasteiger partial charge in [-0.25, -0.2) is 4.79 Å². The number of rotatable bonds is 6. The third-order valence-corrected chi connectivity index (χ3v) is 5.50. The molecule has 5 nitrogen and oxygen atoms in total. The summed E-state index contributed by atoms with van der Waals surface area (Å²) in [7, 11) is 0. The van der Waals surface area contributed by atoms with Gasteiger partial charge >= 0.3 is 5.97 Å². The van der Waals surface area contributed by atoms with E-state index in [-0.39, 0.29) is 5.91 Å². The van der Waals surface area contributed by atoms with E-state index >= 15 is 0 Å². The van der Waals surface area contributed by atoms with Gasteiger partial charge < -0.3 is 15.0 Å². The van der Waals surface area contributed by atoms with Crippen LogP contribution in [0.1, 0.15) is 35.7 Å². The minimum absolute atomic E-state index is 0.0512. The fourth-order valence-corrected chi connectivity index (χ4v) is 4.22. The van der Waals surface area contributed by atoms with E-state index in [9.17, 15) is 9.59 Å². The number of carbonyl (C=O) groups excluding carboxylic acids is 2. The molecule has 6 heteroatoms. The van der Waals surface area contributed by atoms with Crippen LogP contribution in [0.25, 0.3) is 11.1 Å². The van der Waals surface area contributed by atoms with E-state index in [4.69, 9.17) is 4.74 Å². The number of likely N-dealkylation sites (tertiary alicyclic amines) is 1. The Morgan fingerprint density at radius 2 is 1.88 bits per heavy atom. The molecule has 1 aliphatic rings. The number of hydrogen-bond acceptors (Lipinski definition) is 4. The van der Waals surface area contributed by atoms with Gasteiger partial charge in [0, 0.05) is 23.8 Å². The Morgan fingerprint density at radius 1 is 1.19 bits per heavy atom. The first-order chi connectivity index (χ1) is 12.6. The molecule has 2 N–H and O–H groups in total. The molecule has 3 rings (SSSR count). The van der Waals surface area contributed by atoms with Crippen LogP contribution < -0.4 is 10.2 Å². The highest BCUT2D eigenvalue weighted by Crippen LogP contribution is 2.36. The number of aryl methyl sites for hydroxylation is 1. The highest BCUT2D eigenvalue weighted by Gasteiger charge is 2.25. The zero-order chi connectivity index (χ0) is 18.5. The summed E-state index contributed by atoms with van der Waals surface area (Å²) >= 11 is 1.37. The minimum Gasteiger partial charge on any atom is -0.462 e. The molecule has 2 aromatic rings. The Labute approximate surface area is 158 Å². The van der Waals surface area contributed by atoms with Crippen molar-refractivity contribution in [3.8, 4) is 11.1 Å². The zero-order valence-corrected chi connectivity index (χ0v) is 16.1. The maximum atomic E-state index is 12.5. The number of hydrogen-bond donors (Lipinski definition) is 2. The molecule has 0 bridgehead atoms. The van der Waals surface area contributed by atoms with Gasteiger partial charge in [-0.1, -0.05) is 29.8 Å². The maximum Gasteiger partial charge on any atom is 0.341 e. The van der Waals surface area contributed by atoms with Gasteiger partial charge in [0.15, 0.2) is 6.54 Å². The van der Waals surface area contributed by atoms with Crippen molar-refractivity contribution in [2.24, 2.45) is 0 Å². The van der Waals surface area contributed by atoms with Crippen molar-refractivity contribution in [3.05, 3.63) is 40.8 Å². The Bertz CT molecular complexity index is 777. The minimum atomic E-state index is -0.395.